The second-order valence-electron chi connectivity index (χ2n) is 7.90. The molecule has 0 spiro atoms. The Morgan fingerprint density at radius 3 is 1.53 bits per heavy atom. The van der Waals surface area contributed by atoms with Gasteiger partial charge < -0.3 is 9.67 Å². The number of carbonyl (C=O) groups is 1. The second kappa shape index (κ2) is 7.64. The molecular formula is C26H24N2O2. The summed E-state index contributed by atoms with van der Waals surface area (Å²) in [5, 5.41) is 9.71. The standard InChI is InChI=1S/C26H24N2O2/c1-25(2,24(29)30)23-18-28(19-27-23)26(20-12-6-3-7-13-20,21-14-8-4-9-15-21)22-16-10-5-11-17-22/h3-19H,1-2H3,(H,29,30). The first-order valence-electron chi connectivity index (χ1n) is 9.92. The van der Waals surface area contributed by atoms with E-state index in [1.165, 1.54) is 0 Å². The first-order chi connectivity index (χ1) is 14.5. The topological polar surface area (TPSA) is 55.1 Å². The molecule has 1 N–H and O–H groups in total. The number of hydrogen-bond donors (Lipinski definition) is 1. The summed E-state index contributed by atoms with van der Waals surface area (Å²) in [7, 11) is 0. The van der Waals surface area contributed by atoms with E-state index in [1.54, 1.807) is 20.2 Å². The van der Waals surface area contributed by atoms with E-state index in [1.807, 2.05) is 65.4 Å². The fourth-order valence-corrected chi connectivity index (χ4v) is 3.92. The molecule has 0 bridgehead atoms. The highest BCUT2D eigenvalue weighted by atomic mass is 16.4. The van der Waals surface area contributed by atoms with Crippen molar-refractivity contribution in [3.63, 3.8) is 0 Å². The Bertz CT molecular complexity index is 1040. The molecule has 4 rings (SSSR count). The minimum Gasteiger partial charge on any atom is -0.481 e. The van der Waals surface area contributed by atoms with Crippen LogP contribution in [0.3, 0.4) is 0 Å². The maximum Gasteiger partial charge on any atom is 0.315 e. The van der Waals surface area contributed by atoms with Gasteiger partial charge in [0.05, 0.1) is 12.0 Å². The van der Waals surface area contributed by atoms with E-state index in [2.05, 4.69) is 41.4 Å². The van der Waals surface area contributed by atoms with E-state index in [4.69, 9.17) is 0 Å². The first-order valence-corrected chi connectivity index (χ1v) is 9.92. The van der Waals surface area contributed by atoms with Crippen molar-refractivity contribution in [1.82, 2.24) is 9.55 Å². The van der Waals surface area contributed by atoms with Crippen LogP contribution in [0.25, 0.3) is 0 Å². The maximum atomic E-state index is 11.8. The molecule has 0 aliphatic carbocycles. The van der Waals surface area contributed by atoms with Crippen LogP contribution < -0.4 is 0 Å². The third-order valence-electron chi connectivity index (χ3n) is 5.72. The Hall–Kier alpha value is -3.66. The molecule has 30 heavy (non-hydrogen) atoms. The lowest BCUT2D eigenvalue weighted by Gasteiger charge is -2.37. The molecule has 0 aliphatic heterocycles. The lowest BCUT2D eigenvalue weighted by atomic mass is 9.76. The predicted molar refractivity (Wildman–Crippen MR) is 117 cm³/mol. The molecule has 0 amide bonds. The van der Waals surface area contributed by atoms with Gasteiger partial charge in [-0.2, -0.15) is 0 Å². The van der Waals surface area contributed by atoms with Gasteiger partial charge in [-0.15, -0.1) is 0 Å². The summed E-state index contributed by atoms with van der Waals surface area (Å²) in [6, 6.07) is 30.7. The number of aromatic nitrogens is 2. The number of imidazole rings is 1. The van der Waals surface area contributed by atoms with Crippen LogP contribution in [-0.2, 0) is 15.7 Å². The fraction of sp³-hybridized carbons (Fsp3) is 0.154. The third-order valence-corrected chi connectivity index (χ3v) is 5.72. The van der Waals surface area contributed by atoms with E-state index < -0.39 is 16.9 Å². The number of benzene rings is 3. The predicted octanol–water partition coefficient (Wildman–Crippen LogP) is 5.09. The smallest absolute Gasteiger partial charge is 0.315 e. The molecule has 0 unspecified atom stereocenters. The molecule has 1 aromatic heterocycles. The van der Waals surface area contributed by atoms with E-state index in [-0.39, 0.29) is 0 Å². The molecule has 4 aromatic rings. The molecule has 0 aliphatic rings. The van der Waals surface area contributed by atoms with E-state index in [0.717, 1.165) is 16.7 Å². The van der Waals surface area contributed by atoms with Crippen molar-refractivity contribution >= 4 is 5.97 Å². The molecule has 0 atom stereocenters. The minimum absolute atomic E-state index is 0.516. The fourth-order valence-electron chi connectivity index (χ4n) is 3.92. The summed E-state index contributed by atoms with van der Waals surface area (Å²) in [6.07, 6.45) is 3.61. The molecule has 0 saturated heterocycles. The minimum atomic E-state index is -1.10. The van der Waals surface area contributed by atoms with Crippen molar-refractivity contribution < 1.29 is 9.90 Å². The Morgan fingerprint density at radius 2 is 1.17 bits per heavy atom. The van der Waals surface area contributed by atoms with Crippen molar-refractivity contribution in [2.45, 2.75) is 24.8 Å². The largest absolute Gasteiger partial charge is 0.481 e. The highest BCUT2D eigenvalue weighted by Crippen LogP contribution is 2.41. The van der Waals surface area contributed by atoms with Crippen molar-refractivity contribution in [2.24, 2.45) is 0 Å². The van der Waals surface area contributed by atoms with Crippen molar-refractivity contribution in [3.05, 3.63) is 126 Å². The number of hydrogen-bond acceptors (Lipinski definition) is 2. The summed E-state index contributed by atoms with van der Waals surface area (Å²) in [5.41, 5.74) is 1.94. The summed E-state index contributed by atoms with van der Waals surface area (Å²) >= 11 is 0. The summed E-state index contributed by atoms with van der Waals surface area (Å²) in [5.74, 6) is -0.905. The van der Waals surface area contributed by atoms with E-state index >= 15 is 0 Å². The molecule has 4 nitrogen and oxygen atoms in total. The van der Waals surface area contributed by atoms with Crippen molar-refractivity contribution in [2.75, 3.05) is 0 Å². The molecule has 0 fully saturated rings. The van der Waals surface area contributed by atoms with Crippen LogP contribution in [-0.4, -0.2) is 20.6 Å². The van der Waals surface area contributed by atoms with Crippen molar-refractivity contribution in [3.8, 4) is 0 Å². The second-order valence-corrected chi connectivity index (χ2v) is 7.90. The molecule has 4 heteroatoms. The van der Waals surface area contributed by atoms with Gasteiger partial charge in [0.1, 0.15) is 11.0 Å². The maximum absolute atomic E-state index is 11.8. The Balaban J connectivity index is 2.07. The summed E-state index contributed by atoms with van der Waals surface area (Å²) in [6.45, 7) is 3.36. The molecule has 0 saturated carbocycles. The van der Waals surface area contributed by atoms with Gasteiger partial charge in [0, 0.05) is 6.20 Å². The SMILES string of the molecule is CC(C)(C(=O)O)c1cn(C(c2ccccc2)(c2ccccc2)c2ccccc2)cn1. The average Bonchev–Trinajstić information content (AvgIpc) is 3.28. The first kappa shape index (κ1) is 19.6. The van der Waals surface area contributed by atoms with E-state index in [9.17, 15) is 9.90 Å². The zero-order valence-corrected chi connectivity index (χ0v) is 17.1. The van der Waals surface area contributed by atoms with E-state index in [0.29, 0.717) is 5.69 Å². The average molecular weight is 396 g/mol. The van der Waals surface area contributed by atoms with Crippen LogP contribution in [0.1, 0.15) is 36.2 Å². The molecule has 0 radical (unpaired) electrons. The number of rotatable bonds is 6. The Labute approximate surface area is 176 Å². The lowest BCUT2D eigenvalue weighted by Crippen LogP contribution is -2.37. The number of carboxylic acids is 1. The number of nitrogens with zero attached hydrogens (tertiary/aromatic N) is 2. The van der Waals surface area contributed by atoms with Crippen LogP contribution >= 0.6 is 0 Å². The molecule has 150 valence electrons. The van der Waals surface area contributed by atoms with Crippen LogP contribution in [0.5, 0.6) is 0 Å². The summed E-state index contributed by atoms with van der Waals surface area (Å²) in [4.78, 5) is 16.4. The van der Waals surface area contributed by atoms with Gasteiger partial charge >= 0.3 is 5.97 Å². The number of aliphatic carboxylic acids is 1. The third kappa shape index (κ3) is 3.11. The molecular weight excluding hydrogens is 372 g/mol. The van der Waals surface area contributed by atoms with Gasteiger partial charge in [-0.1, -0.05) is 91.0 Å². The zero-order valence-electron chi connectivity index (χ0n) is 17.1. The van der Waals surface area contributed by atoms with Gasteiger partial charge in [0.2, 0.25) is 0 Å². The van der Waals surface area contributed by atoms with Gasteiger partial charge in [0.25, 0.3) is 0 Å². The van der Waals surface area contributed by atoms with Crippen LogP contribution in [0.2, 0.25) is 0 Å². The summed E-state index contributed by atoms with van der Waals surface area (Å²) < 4.78 is 2.03. The Morgan fingerprint density at radius 1 is 0.767 bits per heavy atom. The molecule has 1 heterocycles. The normalized spacial score (nSPS) is 11.9. The van der Waals surface area contributed by atoms with Gasteiger partial charge in [0.15, 0.2) is 0 Å². The van der Waals surface area contributed by atoms with Gasteiger partial charge in [-0.25, -0.2) is 4.98 Å². The van der Waals surface area contributed by atoms with Crippen LogP contribution in [0.15, 0.2) is 104 Å². The highest BCUT2D eigenvalue weighted by molar-refractivity contribution is 5.79. The quantitative estimate of drug-likeness (QED) is 0.462. The van der Waals surface area contributed by atoms with Gasteiger partial charge in [-0.05, 0) is 30.5 Å². The lowest BCUT2D eigenvalue weighted by molar-refractivity contribution is -0.142. The monoisotopic (exact) mass is 396 g/mol. The van der Waals surface area contributed by atoms with Gasteiger partial charge in [-0.3, -0.25) is 4.79 Å². The van der Waals surface area contributed by atoms with Crippen LogP contribution in [0.4, 0.5) is 0 Å². The molecule has 3 aromatic carbocycles. The Kier molecular flexibility index (Phi) is 5.00. The zero-order chi connectivity index (χ0) is 21.2. The van der Waals surface area contributed by atoms with Crippen LogP contribution in [0, 0.1) is 0 Å². The highest BCUT2D eigenvalue weighted by Gasteiger charge is 2.40. The van der Waals surface area contributed by atoms with Crippen molar-refractivity contribution in [1.29, 1.82) is 0 Å². The number of carboxylic acid groups (broad SMARTS) is 1.